The minimum absolute atomic E-state index is 0.0735. The van der Waals surface area contributed by atoms with Gasteiger partial charge in [0.05, 0.1) is 24.2 Å². The lowest BCUT2D eigenvalue weighted by Crippen LogP contribution is -2.55. The maximum absolute atomic E-state index is 12.6. The molecule has 0 spiro atoms. The van der Waals surface area contributed by atoms with Crippen LogP contribution >= 0.6 is 0 Å². The van der Waals surface area contributed by atoms with Crippen LogP contribution in [0.2, 0.25) is 0 Å². The first-order valence-corrected chi connectivity index (χ1v) is 12.1. The second kappa shape index (κ2) is 15.2. The molecule has 0 aromatic rings. The summed E-state index contributed by atoms with van der Waals surface area (Å²) in [5, 5.41) is 14.4. The highest BCUT2D eigenvalue weighted by Gasteiger charge is 2.28. The van der Waals surface area contributed by atoms with Crippen molar-refractivity contribution in [1.82, 2.24) is 21.3 Å². The van der Waals surface area contributed by atoms with Gasteiger partial charge < -0.3 is 26.0 Å². The normalized spacial score (nSPS) is 14.9. The predicted octanol–water partition coefficient (Wildman–Crippen LogP) is 1.77. The molecule has 2 amide bonds. The van der Waals surface area contributed by atoms with E-state index in [0.717, 1.165) is 13.0 Å². The smallest absolute Gasteiger partial charge is 0.242 e. The molecule has 0 unspecified atom stereocenters. The quantitative estimate of drug-likeness (QED) is 0.217. The van der Waals surface area contributed by atoms with E-state index in [1.165, 1.54) is 0 Å². The van der Waals surface area contributed by atoms with Gasteiger partial charge in [-0.2, -0.15) is 4.91 Å². The number of amides is 2. The summed E-state index contributed by atoms with van der Waals surface area (Å²) in [6, 6.07) is -2.20. The molecule has 34 heavy (non-hydrogen) atoms. The lowest BCUT2D eigenvalue weighted by Gasteiger charge is -2.30. The number of hydrogen-bond donors (Lipinski definition) is 4. The largest absolute Gasteiger partial charge is 0.374 e. The highest BCUT2D eigenvalue weighted by atomic mass is 16.5. The molecule has 4 N–H and O–H groups in total. The van der Waals surface area contributed by atoms with Crippen LogP contribution in [0.3, 0.4) is 0 Å². The zero-order valence-electron chi connectivity index (χ0n) is 22.5. The van der Waals surface area contributed by atoms with Crippen molar-refractivity contribution < 1.29 is 19.1 Å². The summed E-state index contributed by atoms with van der Waals surface area (Å²) in [5.74, 6) is -1.30. The van der Waals surface area contributed by atoms with E-state index in [0.29, 0.717) is 13.2 Å². The van der Waals surface area contributed by atoms with E-state index < -0.39 is 29.6 Å². The molecule has 0 rings (SSSR count). The van der Waals surface area contributed by atoms with Crippen LogP contribution in [0.25, 0.3) is 0 Å². The fourth-order valence-corrected chi connectivity index (χ4v) is 3.28. The molecular weight excluding hydrogens is 438 g/mol. The number of nitrogens with one attached hydrogen (secondary N) is 4. The van der Waals surface area contributed by atoms with Gasteiger partial charge in [-0.15, -0.1) is 0 Å². The monoisotopic (exact) mass is 485 g/mol. The molecule has 3 atom stereocenters. The maximum atomic E-state index is 12.6. The molecule has 0 radical (unpaired) electrons. The number of rotatable bonds is 18. The standard InChI is InChI=1S/C24H47N5O5/c1-16(2)20(30)19(10-12-27-33)29-22(32)18(4)28-21(31)17(3)26-15-24(7,8)34-13-11-23(5,6)14-25-9/h16-19,25-26H,10-15H2,1-9H3,(H,28,31)(H,29,32)/t17-,18-,19-/m0/s1. The second-order valence-electron chi connectivity index (χ2n) is 10.6. The molecule has 0 bridgehead atoms. The maximum Gasteiger partial charge on any atom is 0.242 e. The lowest BCUT2D eigenvalue weighted by atomic mass is 9.90. The molecule has 198 valence electrons. The Morgan fingerprint density at radius 2 is 1.50 bits per heavy atom. The number of nitrogens with zero attached hydrogens (tertiary/aromatic N) is 1. The van der Waals surface area contributed by atoms with E-state index in [1.807, 2.05) is 20.9 Å². The Bertz CT molecular complexity index is 666. The number of carbonyl (C=O) groups is 3. The highest BCUT2D eigenvalue weighted by Crippen LogP contribution is 2.20. The van der Waals surface area contributed by atoms with Gasteiger partial charge in [-0.1, -0.05) is 32.9 Å². The van der Waals surface area contributed by atoms with Gasteiger partial charge in [-0.3, -0.25) is 14.4 Å². The molecule has 0 fully saturated rings. The number of ether oxygens (including phenoxy) is 1. The molecule has 0 heterocycles. The van der Waals surface area contributed by atoms with Crippen LogP contribution < -0.4 is 21.3 Å². The van der Waals surface area contributed by atoms with E-state index in [9.17, 15) is 19.3 Å². The Morgan fingerprint density at radius 1 is 0.912 bits per heavy atom. The Hall–Kier alpha value is -1.91. The Balaban J connectivity index is 4.66. The summed E-state index contributed by atoms with van der Waals surface area (Å²) < 4.78 is 6.03. The van der Waals surface area contributed by atoms with Gasteiger partial charge in [0.25, 0.3) is 0 Å². The average molecular weight is 486 g/mol. The summed E-state index contributed by atoms with van der Waals surface area (Å²) in [6.07, 6.45) is 1.04. The first kappa shape index (κ1) is 32.1. The number of Topliss-reactive ketones (excluding diaryl/α,β-unsaturated/α-hetero) is 1. The second-order valence-corrected chi connectivity index (χ2v) is 10.6. The summed E-state index contributed by atoms with van der Waals surface area (Å²) in [4.78, 5) is 47.9. The van der Waals surface area contributed by atoms with Crippen LogP contribution in [-0.2, 0) is 19.1 Å². The lowest BCUT2D eigenvalue weighted by molar-refractivity contribution is -0.132. The molecule has 0 aliphatic rings. The zero-order chi connectivity index (χ0) is 26.5. The van der Waals surface area contributed by atoms with Gasteiger partial charge in [0.1, 0.15) is 6.04 Å². The van der Waals surface area contributed by atoms with Crippen LogP contribution in [-0.4, -0.2) is 74.6 Å². The van der Waals surface area contributed by atoms with Crippen molar-refractivity contribution >= 4 is 17.6 Å². The number of nitroso groups, excluding NO2 is 1. The van der Waals surface area contributed by atoms with Crippen molar-refractivity contribution in [2.45, 2.75) is 92.0 Å². The first-order valence-electron chi connectivity index (χ1n) is 12.1. The summed E-state index contributed by atoms with van der Waals surface area (Å²) in [5.41, 5.74) is -0.338. The fourth-order valence-electron chi connectivity index (χ4n) is 3.28. The van der Waals surface area contributed by atoms with Crippen LogP contribution in [0.1, 0.15) is 68.2 Å². The predicted molar refractivity (Wildman–Crippen MR) is 134 cm³/mol. The van der Waals surface area contributed by atoms with E-state index in [2.05, 4.69) is 40.3 Å². The number of hydrogen-bond acceptors (Lipinski definition) is 8. The first-order chi connectivity index (χ1) is 15.7. The van der Waals surface area contributed by atoms with Gasteiger partial charge in [0.2, 0.25) is 11.8 Å². The molecule has 0 aliphatic heterocycles. The number of carbonyl (C=O) groups excluding carboxylic acids is 3. The fraction of sp³-hybridized carbons (Fsp3) is 0.875. The van der Waals surface area contributed by atoms with Gasteiger partial charge in [-0.05, 0) is 53.0 Å². The van der Waals surface area contributed by atoms with Gasteiger partial charge >= 0.3 is 0 Å². The van der Waals surface area contributed by atoms with E-state index in [1.54, 1.807) is 27.7 Å². The Morgan fingerprint density at radius 3 is 2.03 bits per heavy atom. The zero-order valence-corrected chi connectivity index (χ0v) is 22.5. The minimum Gasteiger partial charge on any atom is -0.374 e. The van der Waals surface area contributed by atoms with Crippen molar-refractivity contribution in [3.63, 3.8) is 0 Å². The molecule has 0 aromatic heterocycles. The molecule has 0 saturated carbocycles. The average Bonchev–Trinajstić information content (AvgIpc) is 2.73. The topological polar surface area (TPSA) is 138 Å². The van der Waals surface area contributed by atoms with Gasteiger partial charge in [0, 0.05) is 25.6 Å². The van der Waals surface area contributed by atoms with Crippen molar-refractivity contribution in [3.05, 3.63) is 4.91 Å². The molecule has 10 heteroatoms. The SMILES string of the molecule is CNCC(C)(C)CCOC(C)(C)CN[C@@H](C)C(=O)N[C@@H](C)C(=O)N[C@@H](CCN=O)C(=O)C(C)C. The Labute approximate surface area is 205 Å². The van der Waals surface area contributed by atoms with Crippen LogP contribution in [0.15, 0.2) is 5.18 Å². The Kier molecular flexibility index (Phi) is 14.3. The highest BCUT2D eigenvalue weighted by molar-refractivity contribution is 5.93. The summed E-state index contributed by atoms with van der Waals surface area (Å²) >= 11 is 0. The van der Waals surface area contributed by atoms with Crippen molar-refractivity contribution in [1.29, 1.82) is 0 Å². The van der Waals surface area contributed by atoms with Crippen molar-refractivity contribution in [2.24, 2.45) is 16.5 Å². The molecule has 0 aromatic carbocycles. The third-order valence-corrected chi connectivity index (χ3v) is 5.64. The minimum atomic E-state index is -0.845. The summed E-state index contributed by atoms with van der Waals surface area (Å²) in [6.45, 7) is 16.9. The molecule has 10 nitrogen and oxygen atoms in total. The van der Waals surface area contributed by atoms with Crippen LogP contribution in [0.5, 0.6) is 0 Å². The molecular formula is C24H47N5O5. The van der Waals surface area contributed by atoms with Crippen molar-refractivity contribution in [2.75, 3.05) is 33.3 Å². The van der Waals surface area contributed by atoms with Gasteiger partial charge in [-0.25, -0.2) is 0 Å². The summed E-state index contributed by atoms with van der Waals surface area (Å²) in [7, 11) is 1.93. The van der Waals surface area contributed by atoms with E-state index in [-0.39, 0.29) is 36.0 Å². The third kappa shape index (κ3) is 13.1. The van der Waals surface area contributed by atoms with Crippen LogP contribution in [0.4, 0.5) is 0 Å². The molecule has 0 saturated heterocycles. The third-order valence-electron chi connectivity index (χ3n) is 5.64. The van der Waals surface area contributed by atoms with Gasteiger partial charge in [0.15, 0.2) is 5.78 Å². The molecule has 0 aliphatic carbocycles. The van der Waals surface area contributed by atoms with Crippen LogP contribution in [0, 0.1) is 16.2 Å². The van der Waals surface area contributed by atoms with E-state index >= 15 is 0 Å². The van der Waals surface area contributed by atoms with E-state index in [4.69, 9.17) is 4.74 Å². The van der Waals surface area contributed by atoms with Crippen molar-refractivity contribution in [3.8, 4) is 0 Å². The number of ketones is 1.